The Morgan fingerprint density at radius 2 is 1.85 bits per heavy atom. The van der Waals surface area contributed by atoms with E-state index in [1.54, 1.807) is 0 Å². The van der Waals surface area contributed by atoms with E-state index in [0.717, 1.165) is 13.0 Å². The van der Waals surface area contributed by atoms with Gasteiger partial charge in [-0.3, -0.25) is 0 Å². The van der Waals surface area contributed by atoms with Crippen LogP contribution in [-0.2, 0) is 4.74 Å². The van der Waals surface area contributed by atoms with Crippen molar-refractivity contribution in [1.29, 1.82) is 0 Å². The highest BCUT2D eigenvalue weighted by Crippen LogP contribution is 2.13. The number of hydrogen-bond acceptors (Lipinski definition) is 2. The fraction of sp³-hybridized carbons (Fsp3) is 1.00. The summed E-state index contributed by atoms with van der Waals surface area (Å²) in [6.45, 7) is 7.34. The van der Waals surface area contributed by atoms with Crippen LogP contribution < -0.4 is 5.73 Å². The van der Waals surface area contributed by atoms with Crippen molar-refractivity contribution >= 4 is 0 Å². The third-order valence-electron chi connectivity index (χ3n) is 2.49. The highest BCUT2D eigenvalue weighted by molar-refractivity contribution is 4.57. The van der Waals surface area contributed by atoms with Gasteiger partial charge in [0, 0.05) is 0 Å². The average Bonchev–Trinajstić information content (AvgIpc) is 2.17. The molecule has 0 fully saturated rings. The molecule has 0 aliphatic rings. The zero-order valence-electron chi connectivity index (χ0n) is 9.38. The van der Waals surface area contributed by atoms with Crippen LogP contribution in [0.1, 0.15) is 52.9 Å². The monoisotopic (exact) mass is 187 g/mol. The van der Waals surface area contributed by atoms with E-state index in [1.165, 1.54) is 25.7 Å². The lowest BCUT2D eigenvalue weighted by Gasteiger charge is -2.17. The van der Waals surface area contributed by atoms with Gasteiger partial charge in [-0.05, 0) is 18.8 Å². The van der Waals surface area contributed by atoms with Crippen molar-refractivity contribution in [2.45, 2.75) is 59.1 Å². The van der Waals surface area contributed by atoms with Crippen molar-refractivity contribution in [1.82, 2.24) is 0 Å². The molecule has 0 radical (unpaired) electrons. The maximum Gasteiger partial charge on any atom is 0.105 e. The minimum Gasteiger partial charge on any atom is -0.363 e. The zero-order valence-corrected chi connectivity index (χ0v) is 9.38. The fourth-order valence-electron chi connectivity index (χ4n) is 1.28. The normalized spacial score (nSPS) is 15.7. The van der Waals surface area contributed by atoms with Crippen LogP contribution in [0.15, 0.2) is 0 Å². The van der Waals surface area contributed by atoms with Crippen LogP contribution in [0.3, 0.4) is 0 Å². The zero-order chi connectivity index (χ0) is 10.1. The van der Waals surface area contributed by atoms with Gasteiger partial charge in [0.1, 0.15) is 6.23 Å². The van der Waals surface area contributed by atoms with Gasteiger partial charge in [0.05, 0.1) is 6.61 Å². The lowest BCUT2D eigenvalue weighted by Crippen LogP contribution is -2.25. The summed E-state index contributed by atoms with van der Waals surface area (Å²) in [5.41, 5.74) is 5.68. The number of rotatable bonds is 8. The first-order valence-corrected chi connectivity index (χ1v) is 5.61. The molecular weight excluding hydrogens is 162 g/mol. The minimum atomic E-state index is -0.0596. The van der Waals surface area contributed by atoms with Crippen LogP contribution in [-0.4, -0.2) is 12.8 Å². The lowest BCUT2D eigenvalue weighted by molar-refractivity contribution is 0.0276. The predicted molar refractivity (Wildman–Crippen MR) is 57.5 cm³/mol. The maximum atomic E-state index is 5.68. The second-order valence-corrected chi connectivity index (χ2v) is 3.70. The Hall–Kier alpha value is -0.0800. The van der Waals surface area contributed by atoms with Gasteiger partial charge < -0.3 is 10.5 Å². The molecule has 2 atom stereocenters. The summed E-state index contributed by atoms with van der Waals surface area (Å²) in [7, 11) is 0. The van der Waals surface area contributed by atoms with Gasteiger partial charge in [-0.1, -0.05) is 40.0 Å². The molecule has 0 bridgehead atoms. The van der Waals surface area contributed by atoms with Crippen molar-refractivity contribution < 1.29 is 4.74 Å². The maximum absolute atomic E-state index is 5.68. The summed E-state index contributed by atoms with van der Waals surface area (Å²) in [6.07, 6.45) is 5.92. The molecule has 0 aliphatic heterocycles. The highest BCUT2D eigenvalue weighted by Gasteiger charge is 2.07. The number of ether oxygens (including phenoxy) is 1. The Bertz CT molecular complexity index is 106. The molecule has 0 aromatic rings. The van der Waals surface area contributed by atoms with Crippen molar-refractivity contribution in [3.05, 3.63) is 0 Å². The van der Waals surface area contributed by atoms with E-state index in [0.29, 0.717) is 5.92 Å². The van der Waals surface area contributed by atoms with Crippen LogP contribution in [0.25, 0.3) is 0 Å². The second kappa shape index (κ2) is 8.52. The van der Waals surface area contributed by atoms with Gasteiger partial charge in [-0.25, -0.2) is 0 Å². The van der Waals surface area contributed by atoms with Crippen LogP contribution in [0.5, 0.6) is 0 Å². The third-order valence-corrected chi connectivity index (χ3v) is 2.49. The first-order chi connectivity index (χ1) is 6.24. The van der Waals surface area contributed by atoms with Gasteiger partial charge in [0.15, 0.2) is 0 Å². The number of hydrogen-bond donors (Lipinski definition) is 1. The predicted octanol–water partition coefficient (Wildman–Crippen LogP) is 2.91. The SMILES string of the molecule is CCCC[C@@H](CC)CO[C@@H](N)CC. The highest BCUT2D eigenvalue weighted by atomic mass is 16.5. The topological polar surface area (TPSA) is 35.2 Å². The average molecular weight is 187 g/mol. The summed E-state index contributed by atoms with van der Waals surface area (Å²) in [4.78, 5) is 0. The van der Waals surface area contributed by atoms with Crippen molar-refractivity contribution in [2.24, 2.45) is 11.7 Å². The van der Waals surface area contributed by atoms with Crippen molar-refractivity contribution in [3.8, 4) is 0 Å². The van der Waals surface area contributed by atoms with Gasteiger partial charge in [-0.2, -0.15) is 0 Å². The summed E-state index contributed by atoms with van der Waals surface area (Å²) >= 11 is 0. The van der Waals surface area contributed by atoms with E-state index < -0.39 is 0 Å². The Labute approximate surface area is 82.8 Å². The molecule has 2 heteroatoms. The molecule has 80 valence electrons. The summed E-state index contributed by atoms with van der Waals surface area (Å²) in [6, 6.07) is 0. The van der Waals surface area contributed by atoms with Crippen LogP contribution in [0, 0.1) is 5.92 Å². The molecule has 0 aliphatic carbocycles. The summed E-state index contributed by atoms with van der Waals surface area (Å²) in [5.74, 6) is 0.706. The molecular formula is C11H25NO. The molecule has 0 rings (SSSR count). The van der Waals surface area contributed by atoms with Gasteiger partial charge >= 0.3 is 0 Å². The van der Waals surface area contributed by atoms with Gasteiger partial charge in [-0.15, -0.1) is 0 Å². The molecule has 0 amide bonds. The Kier molecular flexibility index (Phi) is 8.46. The first-order valence-electron chi connectivity index (χ1n) is 5.61. The molecule has 0 unspecified atom stereocenters. The van der Waals surface area contributed by atoms with E-state index in [9.17, 15) is 0 Å². The number of unbranched alkanes of at least 4 members (excludes halogenated alkanes) is 1. The number of nitrogens with two attached hydrogens (primary N) is 1. The van der Waals surface area contributed by atoms with Crippen LogP contribution in [0.2, 0.25) is 0 Å². The largest absolute Gasteiger partial charge is 0.363 e. The second-order valence-electron chi connectivity index (χ2n) is 3.70. The Morgan fingerprint density at radius 1 is 1.15 bits per heavy atom. The summed E-state index contributed by atoms with van der Waals surface area (Å²) < 4.78 is 5.52. The van der Waals surface area contributed by atoms with Gasteiger partial charge in [0.2, 0.25) is 0 Å². The van der Waals surface area contributed by atoms with Crippen molar-refractivity contribution in [2.75, 3.05) is 6.61 Å². The molecule has 13 heavy (non-hydrogen) atoms. The molecule has 0 heterocycles. The Balaban J connectivity index is 3.46. The standard InChI is InChI=1S/C11H25NO/c1-4-7-8-10(5-2)9-13-11(12)6-3/h10-11H,4-9,12H2,1-3H3/t10-,11-/m1/s1. The molecule has 0 saturated carbocycles. The van der Waals surface area contributed by atoms with Gasteiger partial charge in [0.25, 0.3) is 0 Å². The molecule has 2 N–H and O–H groups in total. The Morgan fingerprint density at radius 3 is 2.31 bits per heavy atom. The molecule has 0 aromatic carbocycles. The minimum absolute atomic E-state index is 0.0596. The quantitative estimate of drug-likeness (QED) is 0.593. The smallest absolute Gasteiger partial charge is 0.105 e. The van der Waals surface area contributed by atoms with Crippen LogP contribution >= 0.6 is 0 Å². The van der Waals surface area contributed by atoms with E-state index in [2.05, 4.69) is 20.8 Å². The van der Waals surface area contributed by atoms with Crippen molar-refractivity contribution in [3.63, 3.8) is 0 Å². The molecule has 0 spiro atoms. The molecule has 2 nitrogen and oxygen atoms in total. The van der Waals surface area contributed by atoms with E-state index in [4.69, 9.17) is 10.5 Å². The van der Waals surface area contributed by atoms with E-state index >= 15 is 0 Å². The lowest BCUT2D eigenvalue weighted by atomic mass is 10.0. The third kappa shape index (κ3) is 7.03. The first kappa shape index (κ1) is 12.9. The molecule has 0 saturated heterocycles. The molecule has 0 aromatic heterocycles. The fourth-order valence-corrected chi connectivity index (χ4v) is 1.28. The van der Waals surface area contributed by atoms with Crippen LogP contribution in [0.4, 0.5) is 0 Å². The summed E-state index contributed by atoms with van der Waals surface area (Å²) in [5, 5.41) is 0. The van der Waals surface area contributed by atoms with E-state index in [-0.39, 0.29) is 6.23 Å². The van der Waals surface area contributed by atoms with E-state index in [1.807, 2.05) is 0 Å².